The molecule has 0 aliphatic heterocycles. The summed E-state index contributed by atoms with van der Waals surface area (Å²) in [5.74, 6) is 1.83. The van der Waals surface area contributed by atoms with Crippen LogP contribution in [0.1, 0.15) is 238 Å². The van der Waals surface area contributed by atoms with Gasteiger partial charge in [-0.3, -0.25) is 0 Å². The number of hydrogen-bond donors (Lipinski definition) is 2. The van der Waals surface area contributed by atoms with Crippen molar-refractivity contribution in [2.75, 3.05) is 52.9 Å². The number of carbonyl (C=O) groups is 2. The van der Waals surface area contributed by atoms with E-state index in [2.05, 4.69) is 89.4 Å². The van der Waals surface area contributed by atoms with Crippen molar-refractivity contribution in [2.24, 2.45) is 5.92 Å². The first-order valence-corrected chi connectivity index (χ1v) is 33.3. The number of unbranched alkanes of at least 4 members (excludes halogenated alkanes) is 16. The van der Waals surface area contributed by atoms with Crippen molar-refractivity contribution in [2.45, 2.75) is 239 Å². The van der Waals surface area contributed by atoms with Crippen LogP contribution in [0.4, 0.5) is 0 Å². The average Bonchev–Trinajstić information content (AvgIpc) is 3.58. The zero-order valence-electron chi connectivity index (χ0n) is 52.8. The third-order valence-corrected chi connectivity index (χ3v) is 16.4. The first-order valence-electron chi connectivity index (χ1n) is 33.3. The van der Waals surface area contributed by atoms with Gasteiger partial charge in [0.05, 0.1) is 39.1 Å². The molecule has 2 unspecified atom stereocenters. The van der Waals surface area contributed by atoms with Gasteiger partial charge in [-0.25, -0.2) is 9.59 Å². The van der Waals surface area contributed by atoms with Gasteiger partial charge in [0.2, 0.25) is 0 Å². The quantitative estimate of drug-likeness (QED) is 0.0321. The lowest BCUT2D eigenvalue weighted by atomic mass is 9.79. The fourth-order valence-corrected chi connectivity index (χ4v) is 12.0. The average molecular weight is 1160 g/mol. The number of carbonyl (C=O) groups excluding carboxylic acids is 2. The van der Waals surface area contributed by atoms with Crippen molar-refractivity contribution in [3.63, 3.8) is 0 Å². The maximum absolute atomic E-state index is 12.3. The van der Waals surface area contributed by atoms with Gasteiger partial charge in [-0.05, 0) is 146 Å². The molecule has 3 aromatic rings. The lowest BCUT2D eigenvalue weighted by Gasteiger charge is -2.34. The van der Waals surface area contributed by atoms with Crippen LogP contribution in [0.15, 0.2) is 85.0 Å². The predicted octanol–water partition coefficient (Wildman–Crippen LogP) is 16.9. The molecule has 84 heavy (non-hydrogen) atoms. The van der Waals surface area contributed by atoms with Crippen LogP contribution in [-0.2, 0) is 68.7 Å². The minimum absolute atomic E-state index is 0.0720. The third kappa shape index (κ3) is 25.0. The molecule has 2 N–H and O–H groups in total. The minimum atomic E-state index is -0.423. The van der Waals surface area contributed by atoms with Crippen molar-refractivity contribution in [1.82, 2.24) is 0 Å². The van der Waals surface area contributed by atoms with E-state index in [1.165, 1.54) is 106 Å². The highest BCUT2D eigenvalue weighted by Crippen LogP contribution is 2.42. The van der Waals surface area contributed by atoms with Crippen LogP contribution in [0.3, 0.4) is 0 Å². The number of allylic oxidation sites excluding steroid dienone is 2. The van der Waals surface area contributed by atoms with Crippen molar-refractivity contribution < 1.29 is 48.2 Å². The molecule has 0 aromatic heterocycles. The van der Waals surface area contributed by atoms with E-state index in [1.807, 2.05) is 0 Å². The Hall–Kier alpha value is -5.16. The Balaban J connectivity index is 1.85. The Morgan fingerprint density at radius 2 is 0.821 bits per heavy atom. The summed E-state index contributed by atoms with van der Waals surface area (Å²) in [5, 5.41) is 20.6. The highest BCUT2D eigenvalue weighted by Gasteiger charge is 2.32. The molecule has 8 bridgehead atoms. The van der Waals surface area contributed by atoms with E-state index in [0.29, 0.717) is 97.1 Å². The van der Waals surface area contributed by atoms with Crippen LogP contribution in [0.5, 0.6) is 17.2 Å². The number of fused-ring (bicyclic) bond motifs is 8. The molecular formula is C74H110O10. The molecule has 0 saturated carbocycles. The van der Waals surface area contributed by atoms with E-state index >= 15 is 0 Å². The Bertz CT molecular complexity index is 2470. The van der Waals surface area contributed by atoms with Gasteiger partial charge in [-0.1, -0.05) is 198 Å². The summed E-state index contributed by atoms with van der Waals surface area (Å²) in [6.07, 6.45) is 37.2. The summed E-state index contributed by atoms with van der Waals surface area (Å²) in [6, 6.07) is 14.0. The van der Waals surface area contributed by atoms with Crippen molar-refractivity contribution >= 4 is 11.9 Å². The van der Waals surface area contributed by atoms with Gasteiger partial charge in [0.15, 0.2) is 0 Å². The second-order valence-electron chi connectivity index (χ2n) is 23.7. The van der Waals surface area contributed by atoms with Crippen LogP contribution in [0.25, 0.3) is 0 Å². The molecule has 0 radical (unpaired) electrons. The number of aryl methyl sites for hydroxylation is 3. The van der Waals surface area contributed by atoms with E-state index < -0.39 is 11.9 Å². The van der Waals surface area contributed by atoms with E-state index in [0.717, 1.165) is 120 Å². The summed E-state index contributed by atoms with van der Waals surface area (Å²) in [7, 11) is 0. The molecule has 0 fully saturated rings. The van der Waals surface area contributed by atoms with Crippen LogP contribution >= 0.6 is 0 Å². The molecule has 10 heteroatoms. The molecular weight excluding hydrogens is 1050 g/mol. The molecule has 0 amide bonds. The van der Waals surface area contributed by atoms with Crippen LogP contribution in [0.2, 0.25) is 0 Å². The molecule has 5 rings (SSSR count). The molecule has 466 valence electrons. The Morgan fingerprint density at radius 3 is 1.24 bits per heavy atom. The first kappa shape index (κ1) is 69.6. The largest absolute Gasteiger partial charge is 0.493 e. The van der Waals surface area contributed by atoms with Gasteiger partial charge in [0.25, 0.3) is 0 Å². The SMILES string of the molecule is C=CC(=O)OCCCC1=CC2Cc3cc(CCCO)cc(c3OCCCCCCC)Cc3cc(CCCO)cc(c3OCCCCCCC)Cc3cc(CCCOC(=O)C=C)cc(c3OCCCCCCC)CC(=C1)C2OCCCCCCC. The fraction of sp³-hybridized carbons (Fsp3) is 0.622. The van der Waals surface area contributed by atoms with E-state index in [-0.39, 0.29) is 38.4 Å². The number of aliphatic hydroxyl groups excluding tert-OH is 2. The number of esters is 2. The molecule has 0 saturated heterocycles. The number of aliphatic hydroxyl groups is 2. The van der Waals surface area contributed by atoms with E-state index in [1.54, 1.807) is 0 Å². The highest BCUT2D eigenvalue weighted by molar-refractivity contribution is 5.81. The Morgan fingerprint density at radius 1 is 0.452 bits per heavy atom. The lowest BCUT2D eigenvalue weighted by Crippen LogP contribution is -2.31. The molecule has 2 atom stereocenters. The Kier molecular flexibility index (Phi) is 34.7. The third-order valence-electron chi connectivity index (χ3n) is 16.4. The zero-order valence-corrected chi connectivity index (χ0v) is 52.8. The number of hydrogen-bond acceptors (Lipinski definition) is 10. The Labute approximate surface area is 508 Å². The summed E-state index contributed by atoms with van der Waals surface area (Å²) < 4.78 is 40.2. The molecule has 0 heterocycles. The molecule has 10 nitrogen and oxygen atoms in total. The van der Waals surface area contributed by atoms with Gasteiger partial charge in [-0.15, -0.1) is 0 Å². The standard InChI is InChI=1S/C74H110O10/c1-7-13-17-21-25-39-81-71-61-45-57(33-29-37-75)47-63(71)54-65-49-59(35-31-43-79-69(77)11-5)51-67(73(65)83-41-27-23-19-15-9-3)56-68-52-60(36-32-44-80-70(78)12-6)50-66(74(68)84-42-28-24-20-16-10-4)55-64-48-58(34-30-38-76)46-62(53-61)72(64)82-40-26-22-18-14-8-2/h11-12,45-52,65,73,75-76H,5-10,13-44,53-56H2,1-4H3. The molecule has 2 aliphatic carbocycles. The second-order valence-corrected chi connectivity index (χ2v) is 23.7. The van der Waals surface area contributed by atoms with Gasteiger partial charge >= 0.3 is 11.9 Å². The van der Waals surface area contributed by atoms with Crippen molar-refractivity contribution in [1.29, 1.82) is 0 Å². The zero-order chi connectivity index (χ0) is 60.0. The van der Waals surface area contributed by atoms with E-state index in [4.69, 9.17) is 28.4 Å². The van der Waals surface area contributed by atoms with Crippen LogP contribution in [-0.4, -0.2) is 81.1 Å². The first-order chi connectivity index (χ1) is 41.2. The maximum Gasteiger partial charge on any atom is 0.330 e. The van der Waals surface area contributed by atoms with Gasteiger partial charge in [0.1, 0.15) is 17.2 Å². The van der Waals surface area contributed by atoms with Crippen molar-refractivity contribution in [3.05, 3.63) is 135 Å². The summed E-state index contributed by atoms with van der Waals surface area (Å²) in [4.78, 5) is 24.6. The van der Waals surface area contributed by atoms with Crippen LogP contribution in [0, 0.1) is 5.92 Å². The summed E-state index contributed by atoms with van der Waals surface area (Å²) >= 11 is 0. The summed E-state index contributed by atoms with van der Waals surface area (Å²) in [5.41, 5.74) is 12.5. The minimum Gasteiger partial charge on any atom is -0.493 e. The van der Waals surface area contributed by atoms with Crippen LogP contribution < -0.4 is 14.2 Å². The fourth-order valence-electron chi connectivity index (χ4n) is 12.0. The molecule has 2 aliphatic rings. The number of rotatable bonds is 44. The summed E-state index contributed by atoms with van der Waals surface area (Å²) in [6.45, 7) is 19.5. The monoisotopic (exact) mass is 1160 g/mol. The van der Waals surface area contributed by atoms with E-state index in [9.17, 15) is 19.8 Å². The maximum atomic E-state index is 12.3. The smallest absolute Gasteiger partial charge is 0.330 e. The van der Waals surface area contributed by atoms with Gasteiger partial charge in [0, 0.05) is 50.7 Å². The number of ether oxygens (including phenoxy) is 6. The highest BCUT2D eigenvalue weighted by atomic mass is 16.5. The number of benzene rings is 3. The molecule has 0 spiro atoms. The van der Waals surface area contributed by atoms with Gasteiger partial charge < -0.3 is 38.6 Å². The van der Waals surface area contributed by atoms with Crippen molar-refractivity contribution in [3.8, 4) is 17.2 Å². The lowest BCUT2D eigenvalue weighted by molar-refractivity contribution is -0.138. The predicted molar refractivity (Wildman–Crippen MR) is 344 cm³/mol. The molecule has 3 aromatic carbocycles. The normalized spacial score (nSPS) is 14.8. The van der Waals surface area contributed by atoms with Gasteiger partial charge in [-0.2, -0.15) is 0 Å². The second kappa shape index (κ2) is 41.8. The topological polar surface area (TPSA) is 130 Å².